The van der Waals surface area contributed by atoms with Gasteiger partial charge in [0, 0.05) is 44.3 Å². The topological polar surface area (TPSA) is 49.3 Å². The minimum absolute atomic E-state index is 0.160. The zero-order chi connectivity index (χ0) is 16.9. The maximum absolute atomic E-state index is 12.4. The van der Waals surface area contributed by atoms with E-state index in [1.54, 1.807) is 18.5 Å². The number of thioether (sulfide) groups is 1. The molecule has 2 aromatic rings. The Labute approximate surface area is 147 Å². The lowest BCUT2D eigenvalue weighted by molar-refractivity contribution is -0.128. The lowest BCUT2D eigenvalue weighted by Crippen LogP contribution is -2.49. The SMILES string of the molecule is Cc1cccc(N2CCN(C(=O)CSc3ncccn3)CC2)c1C. The number of aromatic nitrogens is 2. The zero-order valence-corrected chi connectivity index (χ0v) is 14.9. The van der Waals surface area contributed by atoms with Gasteiger partial charge in [-0.15, -0.1) is 0 Å². The van der Waals surface area contributed by atoms with Gasteiger partial charge in [0.15, 0.2) is 5.16 Å². The minimum Gasteiger partial charge on any atom is -0.368 e. The summed E-state index contributed by atoms with van der Waals surface area (Å²) in [6.45, 7) is 7.59. The molecule has 126 valence electrons. The summed E-state index contributed by atoms with van der Waals surface area (Å²) in [7, 11) is 0. The molecule has 1 aliphatic rings. The van der Waals surface area contributed by atoms with Crippen LogP contribution in [-0.2, 0) is 4.79 Å². The fourth-order valence-electron chi connectivity index (χ4n) is 2.85. The second-order valence-corrected chi connectivity index (χ2v) is 6.85. The van der Waals surface area contributed by atoms with E-state index in [9.17, 15) is 4.79 Å². The molecule has 0 atom stereocenters. The average molecular weight is 342 g/mol. The molecule has 0 spiro atoms. The van der Waals surface area contributed by atoms with Gasteiger partial charge in [-0.3, -0.25) is 4.79 Å². The Morgan fingerprint density at radius 1 is 1.08 bits per heavy atom. The molecule has 0 saturated carbocycles. The normalized spacial score (nSPS) is 14.8. The molecule has 0 aliphatic carbocycles. The van der Waals surface area contributed by atoms with Crippen LogP contribution in [0.25, 0.3) is 0 Å². The Morgan fingerprint density at radius 3 is 2.50 bits per heavy atom. The number of nitrogens with zero attached hydrogens (tertiary/aromatic N) is 4. The van der Waals surface area contributed by atoms with E-state index in [4.69, 9.17) is 0 Å². The van der Waals surface area contributed by atoms with E-state index in [-0.39, 0.29) is 5.91 Å². The third-order valence-corrected chi connectivity index (χ3v) is 5.28. The number of piperazine rings is 1. The van der Waals surface area contributed by atoms with Crippen LogP contribution in [0.1, 0.15) is 11.1 Å². The highest BCUT2D eigenvalue weighted by Crippen LogP contribution is 2.24. The second-order valence-electron chi connectivity index (χ2n) is 5.91. The van der Waals surface area contributed by atoms with Crippen LogP contribution in [0.4, 0.5) is 5.69 Å². The van der Waals surface area contributed by atoms with Gasteiger partial charge < -0.3 is 9.80 Å². The lowest BCUT2D eigenvalue weighted by atomic mass is 10.1. The second kappa shape index (κ2) is 7.66. The van der Waals surface area contributed by atoms with Gasteiger partial charge in [0.2, 0.25) is 5.91 Å². The highest BCUT2D eigenvalue weighted by molar-refractivity contribution is 7.99. The van der Waals surface area contributed by atoms with Crippen molar-refractivity contribution in [3.63, 3.8) is 0 Å². The first-order valence-corrected chi connectivity index (χ1v) is 9.12. The van der Waals surface area contributed by atoms with Crippen LogP contribution in [0.2, 0.25) is 0 Å². The van der Waals surface area contributed by atoms with E-state index in [0.29, 0.717) is 10.9 Å². The van der Waals surface area contributed by atoms with Gasteiger partial charge in [-0.25, -0.2) is 9.97 Å². The third-order valence-electron chi connectivity index (χ3n) is 4.42. The van der Waals surface area contributed by atoms with Crippen molar-refractivity contribution in [2.45, 2.75) is 19.0 Å². The smallest absolute Gasteiger partial charge is 0.233 e. The number of anilines is 1. The summed E-state index contributed by atoms with van der Waals surface area (Å²) in [5, 5.41) is 0.653. The molecule has 24 heavy (non-hydrogen) atoms. The molecule has 0 N–H and O–H groups in total. The monoisotopic (exact) mass is 342 g/mol. The molecule has 1 aromatic carbocycles. The van der Waals surface area contributed by atoms with Crippen LogP contribution in [0.3, 0.4) is 0 Å². The van der Waals surface area contributed by atoms with Crippen LogP contribution >= 0.6 is 11.8 Å². The molecular formula is C18H22N4OS. The van der Waals surface area contributed by atoms with Gasteiger partial charge >= 0.3 is 0 Å². The number of amides is 1. The molecule has 1 aliphatic heterocycles. The zero-order valence-electron chi connectivity index (χ0n) is 14.1. The van der Waals surface area contributed by atoms with Gasteiger partial charge in [0.1, 0.15) is 0 Å². The number of benzene rings is 1. The summed E-state index contributed by atoms with van der Waals surface area (Å²) in [5.41, 5.74) is 3.92. The highest BCUT2D eigenvalue weighted by Gasteiger charge is 2.22. The molecule has 0 bridgehead atoms. The Hall–Kier alpha value is -2.08. The van der Waals surface area contributed by atoms with Crippen molar-refractivity contribution in [1.29, 1.82) is 0 Å². The number of rotatable bonds is 4. The van der Waals surface area contributed by atoms with Crippen molar-refractivity contribution in [2.24, 2.45) is 0 Å². The van der Waals surface area contributed by atoms with Gasteiger partial charge in [0.05, 0.1) is 5.75 Å². The minimum atomic E-state index is 0.160. The summed E-state index contributed by atoms with van der Waals surface area (Å²) in [5.74, 6) is 0.557. The predicted octanol–water partition coefficient (Wildman–Crippen LogP) is 2.53. The quantitative estimate of drug-likeness (QED) is 0.631. The summed E-state index contributed by atoms with van der Waals surface area (Å²) in [6.07, 6.45) is 3.39. The van der Waals surface area contributed by atoms with Crippen LogP contribution in [-0.4, -0.2) is 52.7 Å². The van der Waals surface area contributed by atoms with Crippen molar-refractivity contribution in [2.75, 3.05) is 36.8 Å². The van der Waals surface area contributed by atoms with Gasteiger partial charge in [0.25, 0.3) is 0 Å². The van der Waals surface area contributed by atoms with Gasteiger partial charge in [-0.1, -0.05) is 23.9 Å². The van der Waals surface area contributed by atoms with Crippen molar-refractivity contribution in [3.05, 3.63) is 47.8 Å². The first kappa shape index (κ1) is 16.8. The van der Waals surface area contributed by atoms with E-state index in [0.717, 1.165) is 26.2 Å². The Kier molecular flexibility index (Phi) is 5.35. The predicted molar refractivity (Wildman–Crippen MR) is 97.5 cm³/mol. The van der Waals surface area contributed by atoms with Crippen molar-refractivity contribution in [3.8, 4) is 0 Å². The molecule has 2 heterocycles. The van der Waals surface area contributed by atoms with E-state index < -0.39 is 0 Å². The number of hydrogen-bond acceptors (Lipinski definition) is 5. The molecular weight excluding hydrogens is 320 g/mol. The molecule has 0 radical (unpaired) electrons. The first-order valence-electron chi connectivity index (χ1n) is 8.14. The van der Waals surface area contributed by atoms with Gasteiger partial charge in [-0.2, -0.15) is 0 Å². The molecule has 1 aromatic heterocycles. The van der Waals surface area contributed by atoms with Crippen LogP contribution in [0.5, 0.6) is 0 Å². The Balaban J connectivity index is 1.53. The third kappa shape index (κ3) is 3.87. The molecule has 0 unspecified atom stereocenters. The highest BCUT2D eigenvalue weighted by atomic mass is 32.2. The van der Waals surface area contributed by atoms with Crippen molar-refractivity contribution < 1.29 is 4.79 Å². The molecule has 6 heteroatoms. The summed E-state index contributed by atoms with van der Waals surface area (Å²) < 4.78 is 0. The molecule has 3 rings (SSSR count). The average Bonchev–Trinajstić information content (AvgIpc) is 2.63. The largest absolute Gasteiger partial charge is 0.368 e. The molecule has 5 nitrogen and oxygen atoms in total. The Bertz CT molecular complexity index is 699. The standard InChI is InChI=1S/C18H22N4OS/c1-14-5-3-6-16(15(14)2)21-9-11-22(12-10-21)17(23)13-24-18-19-7-4-8-20-18/h3-8H,9-13H2,1-2H3. The Morgan fingerprint density at radius 2 is 1.79 bits per heavy atom. The summed E-state index contributed by atoms with van der Waals surface area (Å²) >= 11 is 1.40. The van der Waals surface area contributed by atoms with E-state index in [1.165, 1.54) is 28.6 Å². The maximum Gasteiger partial charge on any atom is 0.233 e. The van der Waals surface area contributed by atoms with E-state index >= 15 is 0 Å². The van der Waals surface area contributed by atoms with Crippen LogP contribution in [0.15, 0.2) is 41.8 Å². The van der Waals surface area contributed by atoms with Gasteiger partial charge in [-0.05, 0) is 37.1 Å². The van der Waals surface area contributed by atoms with E-state index in [1.807, 2.05) is 4.90 Å². The number of aryl methyl sites for hydroxylation is 1. The van der Waals surface area contributed by atoms with Crippen molar-refractivity contribution >= 4 is 23.4 Å². The van der Waals surface area contributed by atoms with Crippen LogP contribution < -0.4 is 4.90 Å². The molecule has 1 fully saturated rings. The van der Waals surface area contributed by atoms with Crippen molar-refractivity contribution in [1.82, 2.24) is 14.9 Å². The molecule has 1 saturated heterocycles. The summed E-state index contributed by atoms with van der Waals surface area (Å²) in [6, 6.07) is 8.19. The van der Waals surface area contributed by atoms with E-state index in [2.05, 4.69) is 46.9 Å². The number of carbonyl (C=O) groups excluding carboxylic acids is 1. The number of carbonyl (C=O) groups is 1. The first-order chi connectivity index (χ1) is 11.6. The lowest BCUT2D eigenvalue weighted by Gasteiger charge is -2.37. The molecule has 1 amide bonds. The fourth-order valence-corrected chi connectivity index (χ4v) is 3.56. The summed E-state index contributed by atoms with van der Waals surface area (Å²) in [4.78, 5) is 25.0. The maximum atomic E-state index is 12.4. The number of hydrogen-bond donors (Lipinski definition) is 0. The van der Waals surface area contributed by atoms with Crippen LogP contribution in [0, 0.1) is 13.8 Å². The fraction of sp³-hybridized carbons (Fsp3) is 0.389.